The Morgan fingerprint density at radius 2 is 1.21 bits per heavy atom. The number of nitrogens with one attached hydrogen (secondary N) is 4. The summed E-state index contributed by atoms with van der Waals surface area (Å²) in [5.41, 5.74) is -0.0669. The van der Waals surface area contributed by atoms with Crippen LogP contribution in [0.1, 0.15) is 89.5 Å². The summed E-state index contributed by atoms with van der Waals surface area (Å²) in [4.78, 5) is 67.4. The van der Waals surface area contributed by atoms with Crippen LogP contribution in [0.25, 0.3) is 0 Å². The zero-order valence-electron chi connectivity index (χ0n) is 28.8. The Bertz CT molecular complexity index is 1380. The lowest BCUT2D eigenvalue weighted by Crippen LogP contribution is -2.59. The average molecular weight is 654 g/mol. The summed E-state index contributed by atoms with van der Waals surface area (Å²) >= 11 is 0. The third-order valence-corrected chi connectivity index (χ3v) is 7.88. The fourth-order valence-corrected chi connectivity index (χ4v) is 5.31. The van der Waals surface area contributed by atoms with Crippen molar-refractivity contribution in [3.8, 4) is 0 Å². The van der Waals surface area contributed by atoms with E-state index in [1.54, 1.807) is 13.8 Å². The van der Waals surface area contributed by atoms with Crippen molar-refractivity contribution in [2.45, 2.75) is 111 Å². The van der Waals surface area contributed by atoms with Crippen LogP contribution in [0, 0.1) is 24.7 Å². The van der Waals surface area contributed by atoms with Gasteiger partial charge in [0.15, 0.2) is 11.5 Å². The van der Waals surface area contributed by atoms with Crippen molar-refractivity contribution in [1.29, 1.82) is 0 Å². The van der Waals surface area contributed by atoms with Crippen LogP contribution >= 0.6 is 0 Å². The molecule has 1 aliphatic heterocycles. The molecule has 5 atom stereocenters. The number of aryl methyl sites for hydroxylation is 1. The molecular formula is C35H51N5O7. The first-order valence-corrected chi connectivity index (χ1v) is 16.5. The number of carbonyl (C=O) groups excluding carboxylic acids is 5. The van der Waals surface area contributed by atoms with Gasteiger partial charge < -0.3 is 30.5 Å². The third kappa shape index (κ3) is 11.6. The van der Waals surface area contributed by atoms with E-state index in [1.807, 2.05) is 71.9 Å². The van der Waals surface area contributed by atoms with Gasteiger partial charge in [0.1, 0.15) is 29.5 Å². The number of benzene rings is 1. The van der Waals surface area contributed by atoms with Gasteiger partial charge in [0.05, 0.1) is 12.6 Å². The highest BCUT2D eigenvalue weighted by Gasteiger charge is 2.50. The van der Waals surface area contributed by atoms with E-state index in [2.05, 4.69) is 26.4 Å². The van der Waals surface area contributed by atoms with Gasteiger partial charge in [-0.1, -0.05) is 77.0 Å². The molecular weight excluding hydrogens is 602 g/mol. The fourth-order valence-electron chi connectivity index (χ4n) is 5.31. The first-order chi connectivity index (χ1) is 22.1. The molecule has 0 saturated carbocycles. The molecule has 1 aliphatic rings. The lowest BCUT2D eigenvalue weighted by atomic mass is 9.93. The summed E-state index contributed by atoms with van der Waals surface area (Å²) in [6.45, 7) is 15.3. The van der Waals surface area contributed by atoms with Crippen LogP contribution in [-0.2, 0) is 30.3 Å². The molecule has 4 N–H and O–H groups in total. The third-order valence-electron chi connectivity index (χ3n) is 7.88. The summed E-state index contributed by atoms with van der Waals surface area (Å²) < 4.78 is 10.4. The maximum absolute atomic E-state index is 13.9. The number of aromatic nitrogens is 1. The van der Waals surface area contributed by atoms with E-state index in [9.17, 15) is 24.0 Å². The SMILES string of the molecule is Cc1cc(C(=O)N[C@@H](CC(C)C)C(=O)N[C@@H](CC(C)C)C(=O)N[C@@H](Cc2ccccc2)C(=O)N[C@@H](CC(C)C)C(=O)[C@@]2(C)CO2)no1. The topological polar surface area (TPSA) is 172 Å². The Labute approximate surface area is 277 Å². The molecule has 258 valence electrons. The molecule has 1 aromatic carbocycles. The van der Waals surface area contributed by atoms with E-state index in [1.165, 1.54) is 6.07 Å². The van der Waals surface area contributed by atoms with E-state index < -0.39 is 53.4 Å². The zero-order chi connectivity index (χ0) is 34.9. The first kappa shape index (κ1) is 37.4. The van der Waals surface area contributed by atoms with Gasteiger partial charge in [0.25, 0.3) is 5.91 Å². The molecule has 3 rings (SSSR count). The molecule has 2 aromatic rings. The molecule has 1 aromatic heterocycles. The molecule has 0 bridgehead atoms. The number of ether oxygens (including phenoxy) is 1. The summed E-state index contributed by atoms with van der Waals surface area (Å²) in [5, 5.41) is 15.0. The number of rotatable bonds is 18. The van der Waals surface area contributed by atoms with Crippen molar-refractivity contribution in [3.63, 3.8) is 0 Å². The highest BCUT2D eigenvalue weighted by molar-refractivity contribution is 5.99. The normalized spacial score (nSPS) is 18.3. The molecule has 0 unspecified atom stereocenters. The molecule has 12 heteroatoms. The van der Waals surface area contributed by atoms with E-state index in [-0.39, 0.29) is 42.1 Å². The van der Waals surface area contributed by atoms with Crippen LogP contribution in [0.15, 0.2) is 40.9 Å². The van der Waals surface area contributed by atoms with E-state index in [0.717, 1.165) is 5.56 Å². The first-order valence-electron chi connectivity index (χ1n) is 16.5. The van der Waals surface area contributed by atoms with Gasteiger partial charge in [-0.25, -0.2) is 0 Å². The van der Waals surface area contributed by atoms with Gasteiger partial charge >= 0.3 is 0 Å². The number of amides is 4. The number of epoxide rings is 1. The van der Waals surface area contributed by atoms with Gasteiger partial charge in [-0.2, -0.15) is 0 Å². The minimum Gasteiger partial charge on any atom is -0.361 e. The van der Waals surface area contributed by atoms with Crippen LogP contribution in [0.2, 0.25) is 0 Å². The Hall–Kier alpha value is -4.06. The molecule has 0 spiro atoms. The van der Waals surface area contributed by atoms with Crippen molar-refractivity contribution in [2.24, 2.45) is 17.8 Å². The molecule has 1 saturated heterocycles. The lowest BCUT2D eigenvalue weighted by molar-refractivity contribution is -0.134. The number of Topliss-reactive ketones (excluding diaryl/α,β-unsaturated/α-hetero) is 1. The summed E-state index contributed by atoms with van der Waals surface area (Å²) in [7, 11) is 0. The summed E-state index contributed by atoms with van der Waals surface area (Å²) in [6, 6.07) is 6.95. The number of nitrogens with zero attached hydrogens (tertiary/aromatic N) is 1. The summed E-state index contributed by atoms with van der Waals surface area (Å²) in [6.07, 6.45) is 1.18. The smallest absolute Gasteiger partial charge is 0.274 e. The molecule has 12 nitrogen and oxygen atoms in total. The van der Waals surface area contributed by atoms with Gasteiger partial charge in [-0.05, 0) is 56.4 Å². The van der Waals surface area contributed by atoms with Crippen molar-refractivity contribution in [1.82, 2.24) is 26.4 Å². The van der Waals surface area contributed by atoms with Crippen molar-refractivity contribution in [2.75, 3.05) is 6.61 Å². The Morgan fingerprint density at radius 1 is 0.745 bits per heavy atom. The number of hydrogen-bond acceptors (Lipinski definition) is 8. The number of ketones is 1. The second kappa shape index (κ2) is 16.7. The van der Waals surface area contributed by atoms with Crippen molar-refractivity contribution >= 4 is 29.4 Å². The second-order valence-electron chi connectivity index (χ2n) is 14.0. The molecule has 47 heavy (non-hydrogen) atoms. The Morgan fingerprint density at radius 3 is 1.70 bits per heavy atom. The van der Waals surface area contributed by atoms with Gasteiger partial charge in [0, 0.05) is 12.5 Å². The maximum Gasteiger partial charge on any atom is 0.274 e. The minimum atomic E-state index is -1.03. The molecule has 0 aliphatic carbocycles. The number of carbonyl (C=O) groups is 5. The van der Waals surface area contributed by atoms with E-state index >= 15 is 0 Å². The van der Waals surface area contributed by atoms with E-state index in [0.29, 0.717) is 25.2 Å². The monoisotopic (exact) mass is 653 g/mol. The van der Waals surface area contributed by atoms with Crippen LogP contribution in [0.4, 0.5) is 0 Å². The average Bonchev–Trinajstić information content (AvgIpc) is 3.59. The molecule has 4 amide bonds. The highest BCUT2D eigenvalue weighted by atomic mass is 16.6. The van der Waals surface area contributed by atoms with Crippen LogP contribution in [0.3, 0.4) is 0 Å². The second-order valence-corrected chi connectivity index (χ2v) is 14.0. The van der Waals surface area contributed by atoms with Gasteiger partial charge in [-0.15, -0.1) is 0 Å². The van der Waals surface area contributed by atoms with Gasteiger partial charge in [-0.3, -0.25) is 24.0 Å². The van der Waals surface area contributed by atoms with Crippen molar-refractivity contribution < 1.29 is 33.2 Å². The molecule has 0 radical (unpaired) electrons. The predicted octanol–water partition coefficient (Wildman–Crippen LogP) is 3.27. The predicted molar refractivity (Wildman–Crippen MR) is 176 cm³/mol. The largest absolute Gasteiger partial charge is 0.361 e. The van der Waals surface area contributed by atoms with Gasteiger partial charge in [0.2, 0.25) is 17.7 Å². The maximum atomic E-state index is 13.9. The summed E-state index contributed by atoms with van der Waals surface area (Å²) in [5.74, 6) is -1.72. The molecule has 2 heterocycles. The van der Waals surface area contributed by atoms with E-state index in [4.69, 9.17) is 9.26 Å². The fraction of sp³-hybridized carbons (Fsp3) is 0.600. The quantitative estimate of drug-likeness (QED) is 0.178. The van der Waals surface area contributed by atoms with Crippen LogP contribution < -0.4 is 21.3 Å². The van der Waals surface area contributed by atoms with Crippen LogP contribution in [0.5, 0.6) is 0 Å². The van der Waals surface area contributed by atoms with Crippen molar-refractivity contribution in [3.05, 3.63) is 53.4 Å². The van der Waals surface area contributed by atoms with Crippen LogP contribution in [-0.4, -0.2) is 70.9 Å². The Kier molecular flexibility index (Phi) is 13.3. The zero-order valence-corrected chi connectivity index (χ0v) is 28.8. The Balaban J connectivity index is 1.82. The number of hydrogen-bond donors (Lipinski definition) is 4. The molecule has 1 fully saturated rings. The minimum absolute atomic E-state index is 0.0102. The standard InChI is InChI=1S/C35H51N5O7/c1-20(2)14-25(30(41)35(8)19-46-35)36-33(44)28(18-24-12-10-9-11-13-24)39-32(43)26(15-21(3)4)37-31(42)27(16-22(5)6)38-34(45)29-17-23(7)47-40-29/h9-13,17,20-22,25-28H,14-16,18-19H2,1-8H3,(H,36,44)(H,37,42)(H,38,45)(H,39,43)/t25-,26-,27-,28-,35+/m0/s1. The lowest BCUT2D eigenvalue weighted by Gasteiger charge is -2.28. The highest BCUT2D eigenvalue weighted by Crippen LogP contribution is 2.29.